The van der Waals surface area contributed by atoms with E-state index >= 15 is 0 Å². The highest BCUT2D eigenvalue weighted by molar-refractivity contribution is 7.89. The third kappa shape index (κ3) is 3.44. The number of hydrogen-bond acceptors (Lipinski definition) is 4. The van der Waals surface area contributed by atoms with Crippen LogP contribution in [0.2, 0.25) is 0 Å². The third-order valence-corrected chi connectivity index (χ3v) is 2.67. The smallest absolute Gasteiger partial charge is 0.258 e. The van der Waals surface area contributed by atoms with Crippen LogP contribution in [0.15, 0.2) is 40.3 Å². The molecule has 0 saturated carbocycles. The van der Waals surface area contributed by atoms with Crippen LogP contribution in [0.25, 0.3) is 0 Å². The van der Waals surface area contributed by atoms with Crippen molar-refractivity contribution in [3.05, 3.63) is 30.3 Å². The summed E-state index contributed by atoms with van der Waals surface area (Å²) in [6.07, 6.45) is 0. The summed E-state index contributed by atoms with van der Waals surface area (Å²) >= 11 is 0. The number of nitrogens with zero attached hydrogens (tertiary/aromatic N) is 1. The molecule has 1 aromatic rings. The zero-order valence-corrected chi connectivity index (χ0v) is 8.53. The summed E-state index contributed by atoms with van der Waals surface area (Å²) in [5.74, 6) is -0.272. The molecule has 7 nitrogen and oxygen atoms in total. The minimum Gasteiger partial charge on any atom is -0.369 e. The molecule has 0 spiro atoms. The van der Waals surface area contributed by atoms with E-state index in [1.807, 2.05) is 10.4 Å². The van der Waals surface area contributed by atoms with Crippen LogP contribution in [0.5, 0.6) is 0 Å². The highest BCUT2D eigenvalue weighted by atomic mass is 32.2. The Hall–Kier alpha value is -1.80. The molecule has 0 aromatic heterocycles. The summed E-state index contributed by atoms with van der Waals surface area (Å²) in [5, 5.41) is 3.27. The average molecular weight is 229 g/mol. The number of benzene rings is 1. The molecule has 82 valence electrons. The lowest BCUT2D eigenvalue weighted by molar-refractivity contribution is 0.562. The predicted octanol–water partition coefficient (Wildman–Crippen LogP) is -1.34. The van der Waals surface area contributed by atoms with E-state index in [9.17, 15) is 8.42 Å². The van der Waals surface area contributed by atoms with Gasteiger partial charge in [-0.05, 0) is 12.1 Å². The molecule has 0 atom stereocenters. The Labute approximate surface area is 87.2 Å². The van der Waals surface area contributed by atoms with E-state index in [-0.39, 0.29) is 10.9 Å². The highest BCUT2D eigenvalue weighted by Gasteiger charge is 2.11. The SMILES string of the molecule is NC(N)=NNNS(=O)(=O)c1ccccc1. The molecular weight excluding hydrogens is 218 g/mol. The molecule has 0 saturated heterocycles. The summed E-state index contributed by atoms with van der Waals surface area (Å²) in [7, 11) is -3.64. The predicted molar refractivity (Wildman–Crippen MR) is 55.7 cm³/mol. The Bertz CT molecular complexity index is 438. The van der Waals surface area contributed by atoms with Gasteiger partial charge in [-0.15, -0.1) is 9.93 Å². The van der Waals surface area contributed by atoms with Gasteiger partial charge in [-0.1, -0.05) is 18.2 Å². The van der Waals surface area contributed by atoms with E-state index < -0.39 is 10.0 Å². The Balaban J connectivity index is 2.73. The average Bonchev–Trinajstić information content (AvgIpc) is 2.18. The van der Waals surface area contributed by atoms with Crippen molar-refractivity contribution in [2.75, 3.05) is 0 Å². The maximum absolute atomic E-state index is 11.5. The number of hydrazine groups is 1. The van der Waals surface area contributed by atoms with Crippen LogP contribution >= 0.6 is 0 Å². The maximum atomic E-state index is 11.5. The second kappa shape index (κ2) is 4.62. The van der Waals surface area contributed by atoms with Crippen LogP contribution in [-0.4, -0.2) is 14.4 Å². The lowest BCUT2D eigenvalue weighted by Gasteiger charge is -2.04. The van der Waals surface area contributed by atoms with E-state index in [0.717, 1.165) is 0 Å². The lowest BCUT2D eigenvalue weighted by atomic mass is 10.4. The largest absolute Gasteiger partial charge is 0.369 e. The van der Waals surface area contributed by atoms with Gasteiger partial charge in [-0.2, -0.15) is 0 Å². The fraction of sp³-hybridized carbons (Fsp3) is 0. The fourth-order valence-electron chi connectivity index (χ4n) is 0.806. The van der Waals surface area contributed by atoms with Crippen molar-refractivity contribution < 1.29 is 8.42 Å². The quantitative estimate of drug-likeness (QED) is 0.289. The number of sulfonamides is 1. The highest BCUT2D eigenvalue weighted by Crippen LogP contribution is 2.05. The summed E-state index contributed by atoms with van der Waals surface area (Å²) in [6.45, 7) is 0. The molecule has 0 aliphatic heterocycles. The molecule has 0 unspecified atom stereocenters. The van der Waals surface area contributed by atoms with Gasteiger partial charge in [0, 0.05) is 0 Å². The van der Waals surface area contributed by atoms with Crippen LogP contribution in [-0.2, 0) is 10.0 Å². The Morgan fingerprint density at radius 3 is 2.33 bits per heavy atom. The lowest BCUT2D eigenvalue weighted by Crippen LogP contribution is -2.37. The van der Waals surface area contributed by atoms with Gasteiger partial charge in [0.1, 0.15) is 0 Å². The number of nitrogens with two attached hydrogens (primary N) is 2. The van der Waals surface area contributed by atoms with Gasteiger partial charge in [-0.25, -0.2) is 14.0 Å². The molecular formula is C7H11N5O2S. The minimum absolute atomic E-state index is 0.114. The third-order valence-electron chi connectivity index (χ3n) is 1.42. The van der Waals surface area contributed by atoms with Crippen molar-refractivity contribution in [3.8, 4) is 0 Å². The first-order chi connectivity index (χ1) is 7.02. The van der Waals surface area contributed by atoms with E-state index in [4.69, 9.17) is 11.5 Å². The number of hydrogen-bond donors (Lipinski definition) is 4. The molecule has 15 heavy (non-hydrogen) atoms. The van der Waals surface area contributed by atoms with Crippen molar-refractivity contribution in [2.24, 2.45) is 16.6 Å². The van der Waals surface area contributed by atoms with Crippen molar-refractivity contribution >= 4 is 16.0 Å². The zero-order valence-electron chi connectivity index (χ0n) is 7.71. The van der Waals surface area contributed by atoms with Gasteiger partial charge >= 0.3 is 0 Å². The van der Waals surface area contributed by atoms with E-state index in [1.54, 1.807) is 18.2 Å². The minimum atomic E-state index is -3.64. The van der Waals surface area contributed by atoms with Gasteiger partial charge in [-0.3, -0.25) is 0 Å². The van der Waals surface area contributed by atoms with Crippen molar-refractivity contribution in [2.45, 2.75) is 4.90 Å². The molecule has 1 rings (SSSR count). The molecule has 0 fully saturated rings. The van der Waals surface area contributed by atoms with Crippen LogP contribution < -0.4 is 21.8 Å². The molecule has 0 aliphatic carbocycles. The van der Waals surface area contributed by atoms with Gasteiger partial charge in [0.2, 0.25) is 5.96 Å². The van der Waals surface area contributed by atoms with Crippen molar-refractivity contribution in [1.82, 2.24) is 10.4 Å². The van der Waals surface area contributed by atoms with Crippen LogP contribution in [0, 0.1) is 0 Å². The Morgan fingerprint density at radius 2 is 1.80 bits per heavy atom. The van der Waals surface area contributed by atoms with Crippen LogP contribution in [0.3, 0.4) is 0 Å². The topological polar surface area (TPSA) is 123 Å². The van der Waals surface area contributed by atoms with Gasteiger partial charge in [0.05, 0.1) is 4.90 Å². The standard InChI is InChI=1S/C7H11N5O2S/c8-7(9)10-11-12-15(13,14)6-4-2-1-3-5-6/h1-5,11-12H,(H4,8,9,10). The van der Waals surface area contributed by atoms with Crippen molar-refractivity contribution in [1.29, 1.82) is 0 Å². The maximum Gasteiger partial charge on any atom is 0.258 e. The monoisotopic (exact) mass is 229 g/mol. The van der Waals surface area contributed by atoms with Gasteiger partial charge in [0.25, 0.3) is 10.0 Å². The number of guanidine groups is 1. The molecule has 8 heteroatoms. The number of hydrazone groups is 1. The zero-order chi connectivity index (χ0) is 11.3. The van der Waals surface area contributed by atoms with Crippen LogP contribution in [0.4, 0.5) is 0 Å². The first-order valence-corrected chi connectivity index (χ1v) is 5.41. The molecule has 0 radical (unpaired) electrons. The summed E-state index contributed by atoms with van der Waals surface area (Å²) < 4.78 is 23.0. The molecule has 1 aromatic carbocycles. The second-order valence-corrected chi connectivity index (χ2v) is 4.25. The summed E-state index contributed by atoms with van der Waals surface area (Å²) in [5.41, 5.74) is 12.0. The van der Waals surface area contributed by atoms with Crippen molar-refractivity contribution in [3.63, 3.8) is 0 Å². The van der Waals surface area contributed by atoms with Gasteiger partial charge in [0.15, 0.2) is 0 Å². The molecule has 0 aliphatic rings. The van der Waals surface area contributed by atoms with E-state index in [1.165, 1.54) is 12.1 Å². The van der Waals surface area contributed by atoms with Gasteiger partial charge < -0.3 is 11.5 Å². The first kappa shape index (κ1) is 11.3. The first-order valence-electron chi connectivity index (χ1n) is 3.93. The number of nitrogens with one attached hydrogen (secondary N) is 2. The molecule has 0 heterocycles. The van der Waals surface area contributed by atoms with E-state index in [2.05, 4.69) is 5.10 Å². The number of rotatable bonds is 4. The Kier molecular flexibility index (Phi) is 3.47. The molecule has 6 N–H and O–H groups in total. The summed E-state index contributed by atoms with van der Waals surface area (Å²) in [6, 6.07) is 7.81. The fourth-order valence-corrected chi connectivity index (χ4v) is 1.61. The van der Waals surface area contributed by atoms with E-state index in [0.29, 0.717) is 0 Å². The van der Waals surface area contributed by atoms with Crippen LogP contribution in [0.1, 0.15) is 0 Å². The Morgan fingerprint density at radius 1 is 1.20 bits per heavy atom. The summed E-state index contributed by atoms with van der Waals surface area (Å²) in [4.78, 5) is 2.10. The molecule has 0 amide bonds. The second-order valence-electron chi connectivity index (χ2n) is 2.57. The normalized spacial score (nSPS) is 10.7. The molecule has 0 bridgehead atoms.